The molecule has 0 aliphatic heterocycles. The SMILES string of the molecule is CCCCCCC/C(=N\OC(=O)c1ccccc1)c1ccc2c(c1)c1cc(C(=O)c3cccs3)ccc1n2CC. The van der Waals surface area contributed by atoms with Crippen LogP contribution < -0.4 is 0 Å². The maximum Gasteiger partial charge on any atom is 0.365 e. The molecule has 0 aliphatic rings. The summed E-state index contributed by atoms with van der Waals surface area (Å²) in [5.74, 6) is -0.433. The van der Waals surface area contributed by atoms with Crippen LogP contribution in [-0.2, 0) is 11.4 Å². The summed E-state index contributed by atoms with van der Waals surface area (Å²) in [5, 5.41) is 8.41. The van der Waals surface area contributed by atoms with Gasteiger partial charge < -0.3 is 9.40 Å². The largest absolute Gasteiger partial charge is 0.365 e. The van der Waals surface area contributed by atoms with E-state index in [1.807, 2.05) is 53.9 Å². The second-order valence-electron chi connectivity index (χ2n) is 9.96. The number of thiophene rings is 1. The molecule has 0 unspecified atom stereocenters. The van der Waals surface area contributed by atoms with Crippen LogP contribution in [0.3, 0.4) is 0 Å². The van der Waals surface area contributed by atoms with E-state index in [1.54, 1.807) is 12.1 Å². The lowest BCUT2D eigenvalue weighted by Gasteiger charge is -2.08. The number of nitrogens with zero attached hydrogens (tertiary/aromatic N) is 2. The highest BCUT2D eigenvalue weighted by Crippen LogP contribution is 2.32. The standard InChI is InChI=1S/C34H34N2O3S/c1-3-5-6-7-11-15-29(35-39-34(38)24-13-9-8-10-14-24)25-17-19-30-27(22-25)28-23-26(18-20-31(28)36(30)4-2)33(37)32-16-12-21-40-32/h8-10,12-14,16-23H,3-7,11,15H2,1-2H3/b35-29+. The van der Waals surface area contributed by atoms with Gasteiger partial charge in [-0.25, -0.2) is 4.79 Å². The van der Waals surface area contributed by atoms with Gasteiger partial charge in [-0.1, -0.05) is 68.1 Å². The van der Waals surface area contributed by atoms with Gasteiger partial charge in [0.15, 0.2) is 0 Å². The molecule has 0 amide bonds. The first-order chi connectivity index (χ1) is 19.6. The van der Waals surface area contributed by atoms with Gasteiger partial charge in [-0.15, -0.1) is 11.3 Å². The number of fused-ring (bicyclic) bond motifs is 3. The molecule has 0 spiro atoms. The molecule has 204 valence electrons. The van der Waals surface area contributed by atoms with E-state index in [0.717, 1.165) is 57.3 Å². The van der Waals surface area contributed by atoms with Crippen molar-refractivity contribution in [3.63, 3.8) is 0 Å². The lowest BCUT2D eigenvalue weighted by atomic mass is 10.00. The third-order valence-corrected chi connectivity index (χ3v) is 8.16. The van der Waals surface area contributed by atoms with Crippen molar-refractivity contribution in [3.05, 3.63) is 106 Å². The first-order valence-corrected chi connectivity index (χ1v) is 15.0. The number of aryl methyl sites for hydroxylation is 1. The van der Waals surface area contributed by atoms with E-state index in [4.69, 9.17) is 4.84 Å². The van der Waals surface area contributed by atoms with Crippen LogP contribution in [-0.4, -0.2) is 22.0 Å². The third kappa shape index (κ3) is 5.92. The molecule has 3 aromatic carbocycles. The van der Waals surface area contributed by atoms with Crippen molar-refractivity contribution in [2.75, 3.05) is 0 Å². The van der Waals surface area contributed by atoms with Crippen molar-refractivity contribution >= 4 is 50.6 Å². The van der Waals surface area contributed by atoms with Crippen LogP contribution in [0.4, 0.5) is 0 Å². The zero-order chi connectivity index (χ0) is 27.9. The Morgan fingerprint density at radius 1 is 0.775 bits per heavy atom. The first-order valence-electron chi connectivity index (χ1n) is 14.1. The lowest BCUT2D eigenvalue weighted by molar-refractivity contribution is 0.0515. The predicted molar refractivity (Wildman–Crippen MR) is 165 cm³/mol. The molecule has 0 atom stereocenters. The molecular formula is C34H34N2O3S. The van der Waals surface area contributed by atoms with E-state index >= 15 is 0 Å². The van der Waals surface area contributed by atoms with Gasteiger partial charge in [-0.2, -0.15) is 0 Å². The highest BCUT2D eigenvalue weighted by molar-refractivity contribution is 7.12. The quantitative estimate of drug-likeness (QED) is 0.0512. The molecule has 0 aliphatic carbocycles. The Morgan fingerprint density at radius 3 is 2.15 bits per heavy atom. The van der Waals surface area contributed by atoms with E-state index < -0.39 is 5.97 Å². The van der Waals surface area contributed by atoms with Crippen molar-refractivity contribution in [1.29, 1.82) is 0 Å². The van der Waals surface area contributed by atoms with Gasteiger partial charge in [0.05, 0.1) is 16.2 Å². The van der Waals surface area contributed by atoms with Gasteiger partial charge >= 0.3 is 5.97 Å². The van der Waals surface area contributed by atoms with Crippen LogP contribution in [0.1, 0.15) is 83.5 Å². The van der Waals surface area contributed by atoms with E-state index in [2.05, 4.69) is 41.8 Å². The molecule has 0 fully saturated rings. The summed E-state index contributed by atoms with van der Waals surface area (Å²) in [6.45, 7) is 5.14. The smallest absolute Gasteiger partial charge is 0.341 e. The summed E-state index contributed by atoms with van der Waals surface area (Å²) < 4.78 is 2.27. The first kappa shape index (κ1) is 27.5. The molecule has 2 heterocycles. The van der Waals surface area contributed by atoms with Crippen LogP contribution >= 0.6 is 11.3 Å². The van der Waals surface area contributed by atoms with Crippen LogP contribution in [0.15, 0.2) is 89.4 Å². The number of hydrogen-bond acceptors (Lipinski definition) is 5. The van der Waals surface area contributed by atoms with Gasteiger partial charge in [0.25, 0.3) is 0 Å². The Kier molecular flexibility index (Phi) is 8.87. The number of aromatic nitrogens is 1. The highest BCUT2D eigenvalue weighted by Gasteiger charge is 2.17. The average Bonchev–Trinajstić information content (AvgIpc) is 3.64. The van der Waals surface area contributed by atoms with E-state index in [9.17, 15) is 9.59 Å². The van der Waals surface area contributed by atoms with E-state index in [1.165, 1.54) is 30.6 Å². The molecule has 0 saturated carbocycles. The van der Waals surface area contributed by atoms with Crippen LogP contribution in [0.2, 0.25) is 0 Å². The summed E-state index contributed by atoms with van der Waals surface area (Å²) in [5.41, 5.74) is 5.02. The monoisotopic (exact) mass is 550 g/mol. The molecule has 0 N–H and O–H groups in total. The van der Waals surface area contributed by atoms with Crippen molar-refractivity contribution in [1.82, 2.24) is 4.57 Å². The van der Waals surface area contributed by atoms with Crippen LogP contribution in [0, 0.1) is 0 Å². The van der Waals surface area contributed by atoms with Crippen LogP contribution in [0.5, 0.6) is 0 Å². The van der Waals surface area contributed by atoms with Crippen molar-refractivity contribution in [2.45, 2.75) is 58.9 Å². The van der Waals surface area contributed by atoms with E-state index in [0.29, 0.717) is 17.5 Å². The van der Waals surface area contributed by atoms with Crippen molar-refractivity contribution in [3.8, 4) is 0 Å². The summed E-state index contributed by atoms with van der Waals surface area (Å²) in [7, 11) is 0. The highest BCUT2D eigenvalue weighted by atomic mass is 32.1. The van der Waals surface area contributed by atoms with Crippen molar-refractivity contribution in [2.24, 2.45) is 5.16 Å². The number of unbranched alkanes of at least 4 members (excludes halogenated alkanes) is 4. The number of hydrogen-bond donors (Lipinski definition) is 0. The fraction of sp³-hybridized carbons (Fsp3) is 0.265. The summed E-state index contributed by atoms with van der Waals surface area (Å²) in [4.78, 5) is 32.0. The molecule has 6 heteroatoms. The van der Waals surface area contributed by atoms with E-state index in [-0.39, 0.29) is 5.78 Å². The Labute approximate surface area is 239 Å². The predicted octanol–water partition coefficient (Wildman–Crippen LogP) is 9.03. The molecule has 0 radical (unpaired) electrons. The second-order valence-corrected chi connectivity index (χ2v) is 10.9. The number of carbonyl (C=O) groups is 2. The Bertz CT molecular complexity index is 1650. The van der Waals surface area contributed by atoms with Gasteiger partial charge in [0, 0.05) is 39.5 Å². The summed E-state index contributed by atoms with van der Waals surface area (Å²) >= 11 is 1.46. The molecule has 5 rings (SSSR count). The Balaban J connectivity index is 1.53. The summed E-state index contributed by atoms with van der Waals surface area (Å²) in [6, 6.07) is 25.0. The number of ketones is 1. The fourth-order valence-electron chi connectivity index (χ4n) is 5.18. The number of rotatable bonds is 12. The minimum atomic E-state index is -0.468. The zero-order valence-electron chi connectivity index (χ0n) is 23.1. The van der Waals surface area contributed by atoms with Gasteiger partial charge in [0.2, 0.25) is 5.78 Å². The molecule has 5 aromatic rings. The average molecular weight is 551 g/mol. The topological polar surface area (TPSA) is 60.7 Å². The maximum atomic E-state index is 13.1. The maximum absolute atomic E-state index is 13.1. The number of carbonyl (C=O) groups excluding carboxylic acids is 2. The van der Waals surface area contributed by atoms with Gasteiger partial charge in [-0.05, 0) is 73.7 Å². The molecule has 2 aromatic heterocycles. The van der Waals surface area contributed by atoms with Crippen LogP contribution in [0.25, 0.3) is 21.8 Å². The molecule has 5 nitrogen and oxygen atoms in total. The normalized spacial score (nSPS) is 11.8. The molecule has 0 saturated heterocycles. The number of benzene rings is 3. The fourth-order valence-corrected chi connectivity index (χ4v) is 5.86. The summed E-state index contributed by atoms with van der Waals surface area (Å²) in [6.07, 6.45) is 6.36. The second kappa shape index (κ2) is 12.9. The number of oxime groups is 1. The zero-order valence-corrected chi connectivity index (χ0v) is 23.9. The lowest BCUT2D eigenvalue weighted by Crippen LogP contribution is -2.07. The van der Waals surface area contributed by atoms with Crippen molar-refractivity contribution < 1.29 is 14.4 Å². The minimum Gasteiger partial charge on any atom is -0.341 e. The molecule has 0 bridgehead atoms. The Hall–Kier alpha value is -4.03. The van der Waals surface area contributed by atoms with Gasteiger partial charge in [0.1, 0.15) is 0 Å². The minimum absolute atomic E-state index is 0.0348. The Morgan fingerprint density at radius 2 is 1.48 bits per heavy atom. The molecular weight excluding hydrogens is 516 g/mol. The third-order valence-electron chi connectivity index (χ3n) is 7.29. The molecule has 40 heavy (non-hydrogen) atoms. The van der Waals surface area contributed by atoms with Gasteiger partial charge in [-0.3, -0.25) is 4.79 Å².